The average Bonchev–Trinajstić information content (AvgIpc) is 2.60. The standard InChI is InChI=1S/C18H21N3O2S/c1-2-20-12-10-16(22)19-18(20)24-15-9-6-11-21(17(15)23)13-14-7-4-3-5-8-14/h3-5,7-8,10,12,15H,2,6,9,11,13H2,1H3/t15-/m0/s1. The van der Waals surface area contributed by atoms with Crippen molar-refractivity contribution in [2.75, 3.05) is 6.54 Å². The van der Waals surface area contributed by atoms with Crippen molar-refractivity contribution in [2.45, 2.75) is 43.3 Å². The average molecular weight is 343 g/mol. The number of rotatable bonds is 5. The third-order valence-electron chi connectivity index (χ3n) is 4.13. The Bertz CT molecular complexity index is 760. The summed E-state index contributed by atoms with van der Waals surface area (Å²) in [5.74, 6) is 0.135. The molecule has 0 spiro atoms. The lowest BCUT2D eigenvalue weighted by Gasteiger charge is -2.32. The molecule has 2 heterocycles. The van der Waals surface area contributed by atoms with Gasteiger partial charge in [0.15, 0.2) is 5.16 Å². The molecule has 1 fully saturated rings. The highest BCUT2D eigenvalue weighted by Crippen LogP contribution is 2.29. The third-order valence-corrected chi connectivity index (χ3v) is 5.39. The summed E-state index contributed by atoms with van der Waals surface area (Å²) in [6.45, 7) is 4.15. The molecule has 0 radical (unpaired) electrons. The molecule has 1 saturated heterocycles. The van der Waals surface area contributed by atoms with Crippen LogP contribution in [0.15, 0.2) is 52.5 Å². The molecule has 0 unspecified atom stereocenters. The Morgan fingerprint density at radius 3 is 2.75 bits per heavy atom. The molecule has 3 rings (SSSR count). The van der Waals surface area contributed by atoms with Gasteiger partial charge >= 0.3 is 0 Å². The highest BCUT2D eigenvalue weighted by atomic mass is 32.2. The van der Waals surface area contributed by atoms with E-state index in [1.807, 2.05) is 46.7 Å². The van der Waals surface area contributed by atoms with Gasteiger partial charge in [0.25, 0.3) is 5.56 Å². The van der Waals surface area contributed by atoms with Gasteiger partial charge in [-0.15, -0.1) is 0 Å². The first kappa shape index (κ1) is 16.8. The van der Waals surface area contributed by atoms with Gasteiger partial charge in [-0.3, -0.25) is 9.59 Å². The van der Waals surface area contributed by atoms with Crippen LogP contribution in [-0.2, 0) is 17.9 Å². The van der Waals surface area contributed by atoms with Crippen LogP contribution in [0.25, 0.3) is 0 Å². The summed E-state index contributed by atoms with van der Waals surface area (Å²) in [5, 5.41) is 0.458. The van der Waals surface area contributed by atoms with Crippen LogP contribution in [0.1, 0.15) is 25.3 Å². The first-order valence-corrected chi connectivity index (χ1v) is 9.12. The van der Waals surface area contributed by atoms with Crippen molar-refractivity contribution in [3.8, 4) is 0 Å². The predicted octanol–water partition coefficient (Wildman–Crippen LogP) is 2.55. The fraction of sp³-hybridized carbons (Fsp3) is 0.389. The number of likely N-dealkylation sites (tertiary alicyclic amines) is 1. The number of hydrogen-bond donors (Lipinski definition) is 0. The summed E-state index contributed by atoms with van der Waals surface area (Å²) < 4.78 is 1.91. The SMILES string of the molecule is CCn1ccc(=O)nc1S[C@H]1CCCN(Cc2ccccc2)C1=O. The van der Waals surface area contributed by atoms with Crippen LogP contribution >= 0.6 is 11.8 Å². The number of nitrogens with zero attached hydrogens (tertiary/aromatic N) is 3. The molecule has 1 aromatic heterocycles. The van der Waals surface area contributed by atoms with Crippen molar-refractivity contribution in [1.29, 1.82) is 0 Å². The van der Waals surface area contributed by atoms with E-state index < -0.39 is 0 Å². The summed E-state index contributed by atoms with van der Waals surface area (Å²) in [6.07, 6.45) is 3.54. The monoisotopic (exact) mass is 343 g/mol. The van der Waals surface area contributed by atoms with Crippen LogP contribution in [0, 0.1) is 0 Å². The van der Waals surface area contributed by atoms with Crippen LogP contribution in [0.4, 0.5) is 0 Å². The topological polar surface area (TPSA) is 55.2 Å². The summed E-state index contributed by atoms with van der Waals surface area (Å²) >= 11 is 1.41. The first-order valence-electron chi connectivity index (χ1n) is 8.24. The van der Waals surface area contributed by atoms with Crippen molar-refractivity contribution >= 4 is 17.7 Å². The van der Waals surface area contributed by atoms with E-state index in [9.17, 15) is 9.59 Å². The maximum Gasteiger partial charge on any atom is 0.273 e. The minimum Gasteiger partial charge on any atom is -0.337 e. The van der Waals surface area contributed by atoms with Gasteiger partial charge in [-0.1, -0.05) is 42.1 Å². The van der Waals surface area contributed by atoms with E-state index in [2.05, 4.69) is 4.98 Å². The zero-order valence-corrected chi connectivity index (χ0v) is 14.5. The second-order valence-electron chi connectivity index (χ2n) is 5.83. The van der Waals surface area contributed by atoms with Gasteiger partial charge in [0.2, 0.25) is 5.91 Å². The first-order chi connectivity index (χ1) is 11.7. The summed E-state index contributed by atoms with van der Waals surface area (Å²) in [4.78, 5) is 30.4. The predicted molar refractivity (Wildman–Crippen MR) is 94.9 cm³/mol. The molecule has 5 nitrogen and oxygen atoms in total. The molecule has 6 heteroatoms. The number of carbonyl (C=O) groups excluding carboxylic acids is 1. The Kier molecular flexibility index (Phi) is 5.35. The number of aromatic nitrogens is 2. The van der Waals surface area contributed by atoms with Gasteiger partial charge in [0.1, 0.15) is 0 Å². The molecule has 0 aliphatic carbocycles. The number of carbonyl (C=O) groups is 1. The lowest BCUT2D eigenvalue weighted by molar-refractivity contribution is -0.133. The minimum atomic E-state index is -0.258. The zero-order valence-electron chi connectivity index (χ0n) is 13.7. The number of piperidine rings is 1. The second-order valence-corrected chi connectivity index (χ2v) is 7.00. The highest BCUT2D eigenvalue weighted by molar-refractivity contribution is 8.00. The highest BCUT2D eigenvalue weighted by Gasteiger charge is 2.30. The number of aryl methyl sites for hydroxylation is 1. The Balaban J connectivity index is 1.73. The molecule has 1 aliphatic rings. The van der Waals surface area contributed by atoms with E-state index in [4.69, 9.17) is 0 Å². The quantitative estimate of drug-likeness (QED) is 0.783. The molecule has 1 aromatic carbocycles. The van der Waals surface area contributed by atoms with Crippen LogP contribution in [0.5, 0.6) is 0 Å². The van der Waals surface area contributed by atoms with E-state index >= 15 is 0 Å². The lowest BCUT2D eigenvalue weighted by Crippen LogP contribution is -2.42. The molecule has 24 heavy (non-hydrogen) atoms. The van der Waals surface area contributed by atoms with Gasteiger partial charge in [0, 0.05) is 31.9 Å². The van der Waals surface area contributed by atoms with Gasteiger partial charge in [0.05, 0.1) is 5.25 Å². The maximum absolute atomic E-state index is 12.8. The fourth-order valence-electron chi connectivity index (χ4n) is 2.85. The number of hydrogen-bond acceptors (Lipinski definition) is 4. The fourth-order valence-corrected chi connectivity index (χ4v) is 4.11. The van der Waals surface area contributed by atoms with Crippen LogP contribution in [0.2, 0.25) is 0 Å². The van der Waals surface area contributed by atoms with E-state index in [-0.39, 0.29) is 16.7 Å². The van der Waals surface area contributed by atoms with E-state index in [0.29, 0.717) is 11.7 Å². The third kappa shape index (κ3) is 3.87. The van der Waals surface area contributed by atoms with Crippen LogP contribution in [-0.4, -0.2) is 32.2 Å². The van der Waals surface area contributed by atoms with Gasteiger partial charge in [-0.2, -0.15) is 4.98 Å². The largest absolute Gasteiger partial charge is 0.337 e. The van der Waals surface area contributed by atoms with Crippen molar-refractivity contribution in [2.24, 2.45) is 0 Å². The van der Waals surface area contributed by atoms with Crippen LogP contribution < -0.4 is 5.56 Å². The molecule has 1 atom stereocenters. The molecule has 1 aliphatic heterocycles. The summed E-state index contributed by atoms with van der Waals surface area (Å²) in [7, 11) is 0. The molecule has 0 saturated carbocycles. The molecular formula is C18H21N3O2S. The summed E-state index contributed by atoms with van der Waals surface area (Å²) in [6, 6.07) is 11.5. The Morgan fingerprint density at radius 2 is 2.00 bits per heavy atom. The Labute approximate surface area is 145 Å². The maximum atomic E-state index is 12.8. The molecule has 0 bridgehead atoms. The Morgan fingerprint density at radius 1 is 1.21 bits per heavy atom. The van der Waals surface area contributed by atoms with Crippen LogP contribution in [0.3, 0.4) is 0 Å². The lowest BCUT2D eigenvalue weighted by atomic mass is 10.1. The molecule has 1 amide bonds. The van der Waals surface area contributed by atoms with Crippen molar-refractivity contribution in [1.82, 2.24) is 14.5 Å². The molecule has 2 aromatic rings. The molecule has 0 N–H and O–H groups in total. The van der Waals surface area contributed by atoms with E-state index in [1.165, 1.54) is 17.8 Å². The normalized spacial score (nSPS) is 18.0. The summed E-state index contributed by atoms with van der Waals surface area (Å²) in [5.41, 5.74) is 0.881. The number of thioether (sulfide) groups is 1. The number of amides is 1. The molecule has 126 valence electrons. The minimum absolute atomic E-state index is 0.135. The van der Waals surface area contributed by atoms with Gasteiger partial charge in [-0.25, -0.2) is 0 Å². The van der Waals surface area contributed by atoms with Crippen molar-refractivity contribution in [3.63, 3.8) is 0 Å². The Hall–Kier alpha value is -2.08. The van der Waals surface area contributed by atoms with Crippen molar-refractivity contribution < 1.29 is 4.79 Å². The van der Waals surface area contributed by atoms with E-state index in [1.54, 1.807) is 6.20 Å². The van der Waals surface area contributed by atoms with E-state index in [0.717, 1.165) is 31.5 Å². The van der Waals surface area contributed by atoms with Crippen molar-refractivity contribution in [3.05, 3.63) is 58.5 Å². The smallest absolute Gasteiger partial charge is 0.273 e. The number of benzene rings is 1. The van der Waals surface area contributed by atoms with Gasteiger partial charge in [-0.05, 0) is 25.3 Å². The second kappa shape index (κ2) is 7.66. The zero-order chi connectivity index (χ0) is 16.9. The molecular weight excluding hydrogens is 322 g/mol. The van der Waals surface area contributed by atoms with Gasteiger partial charge < -0.3 is 9.47 Å².